The van der Waals surface area contributed by atoms with E-state index in [9.17, 15) is 4.79 Å². The molecule has 0 aromatic heterocycles. The van der Waals surface area contributed by atoms with Gasteiger partial charge in [-0.2, -0.15) is 0 Å². The van der Waals surface area contributed by atoms with E-state index in [0.717, 1.165) is 16.5 Å². The molecule has 5 heteroatoms. The fourth-order valence-electron chi connectivity index (χ4n) is 2.43. The quantitative estimate of drug-likeness (QED) is 0.650. The molecule has 0 aliphatic rings. The normalized spacial score (nSPS) is 10.4. The van der Waals surface area contributed by atoms with Gasteiger partial charge in [-0.1, -0.05) is 54.1 Å². The van der Waals surface area contributed by atoms with Crippen molar-refractivity contribution in [2.45, 2.75) is 0 Å². The first-order chi connectivity index (χ1) is 12.2. The zero-order chi connectivity index (χ0) is 17.5. The molecular weight excluding hydrogens is 338 g/mol. The molecule has 0 spiro atoms. The van der Waals surface area contributed by atoms with Crippen molar-refractivity contribution in [3.05, 3.63) is 71.8 Å². The summed E-state index contributed by atoms with van der Waals surface area (Å²) in [5.74, 6) is 1.17. The summed E-state index contributed by atoms with van der Waals surface area (Å²) in [6.07, 6.45) is 0. The standard InChI is InChI=1S/C20H18ClNO3/c21-16-7-4-8-17(13-16)25-14-20(23)22-11-12-24-19-10-3-6-15-5-1-2-9-18(15)19/h1-10,13H,11-12,14H2,(H,22,23). The molecule has 1 N–H and O–H groups in total. The minimum absolute atomic E-state index is 0.0609. The second-order valence-electron chi connectivity index (χ2n) is 5.42. The fourth-order valence-corrected chi connectivity index (χ4v) is 2.61. The summed E-state index contributed by atoms with van der Waals surface area (Å²) in [4.78, 5) is 11.8. The number of hydrogen-bond acceptors (Lipinski definition) is 3. The number of fused-ring (bicyclic) bond motifs is 1. The van der Waals surface area contributed by atoms with E-state index in [4.69, 9.17) is 21.1 Å². The van der Waals surface area contributed by atoms with Crippen molar-refractivity contribution < 1.29 is 14.3 Å². The van der Waals surface area contributed by atoms with Gasteiger partial charge in [0.2, 0.25) is 0 Å². The van der Waals surface area contributed by atoms with E-state index in [-0.39, 0.29) is 12.5 Å². The van der Waals surface area contributed by atoms with Crippen LogP contribution in [-0.4, -0.2) is 25.7 Å². The molecule has 0 aliphatic heterocycles. The lowest BCUT2D eigenvalue weighted by molar-refractivity contribution is -0.123. The van der Waals surface area contributed by atoms with Gasteiger partial charge < -0.3 is 14.8 Å². The van der Waals surface area contributed by atoms with Crippen LogP contribution in [0.3, 0.4) is 0 Å². The van der Waals surface area contributed by atoms with Gasteiger partial charge in [-0.3, -0.25) is 4.79 Å². The fraction of sp³-hybridized carbons (Fsp3) is 0.150. The molecule has 3 aromatic carbocycles. The highest BCUT2D eigenvalue weighted by Gasteiger charge is 2.04. The molecule has 0 fully saturated rings. The van der Waals surface area contributed by atoms with Crippen LogP contribution in [0.25, 0.3) is 10.8 Å². The van der Waals surface area contributed by atoms with Crippen molar-refractivity contribution in [3.63, 3.8) is 0 Å². The molecule has 0 heterocycles. The molecule has 0 atom stereocenters. The summed E-state index contributed by atoms with van der Waals surface area (Å²) in [7, 11) is 0. The number of carbonyl (C=O) groups is 1. The van der Waals surface area contributed by atoms with Gasteiger partial charge in [0.05, 0.1) is 6.54 Å². The predicted octanol–water partition coefficient (Wildman–Crippen LogP) is 4.07. The van der Waals surface area contributed by atoms with E-state index in [2.05, 4.69) is 5.32 Å². The minimum Gasteiger partial charge on any atom is -0.491 e. The van der Waals surface area contributed by atoms with Gasteiger partial charge >= 0.3 is 0 Å². The Balaban J connectivity index is 1.42. The van der Waals surface area contributed by atoms with Crippen LogP contribution in [-0.2, 0) is 4.79 Å². The highest BCUT2D eigenvalue weighted by atomic mass is 35.5. The van der Waals surface area contributed by atoms with Crippen LogP contribution in [0.15, 0.2) is 66.7 Å². The summed E-state index contributed by atoms with van der Waals surface area (Å²) in [5.41, 5.74) is 0. The van der Waals surface area contributed by atoms with Crippen molar-refractivity contribution >= 4 is 28.3 Å². The first-order valence-corrected chi connectivity index (χ1v) is 8.36. The zero-order valence-electron chi connectivity index (χ0n) is 13.6. The number of amides is 1. The Labute approximate surface area is 151 Å². The average molecular weight is 356 g/mol. The Morgan fingerprint density at radius 3 is 2.64 bits per heavy atom. The van der Waals surface area contributed by atoms with Crippen molar-refractivity contribution in [2.75, 3.05) is 19.8 Å². The molecule has 4 nitrogen and oxygen atoms in total. The van der Waals surface area contributed by atoms with Crippen LogP contribution in [0.5, 0.6) is 11.5 Å². The smallest absolute Gasteiger partial charge is 0.258 e. The van der Waals surface area contributed by atoms with Crippen molar-refractivity contribution in [2.24, 2.45) is 0 Å². The lowest BCUT2D eigenvalue weighted by Gasteiger charge is -2.10. The minimum atomic E-state index is -0.207. The molecule has 0 unspecified atom stereocenters. The molecule has 0 saturated carbocycles. The molecule has 1 amide bonds. The molecule has 0 bridgehead atoms. The number of rotatable bonds is 7. The van der Waals surface area contributed by atoms with Crippen LogP contribution in [0.2, 0.25) is 5.02 Å². The SMILES string of the molecule is O=C(COc1cccc(Cl)c1)NCCOc1cccc2ccccc12. The van der Waals surface area contributed by atoms with Crippen molar-refractivity contribution in [1.82, 2.24) is 5.32 Å². The van der Waals surface area contributed by atoms with E-state index in [1.54, 1.807) is 24.3 Å². The summed E-state index contributed by atoms with van der Waals surface area (Å²) in [6, 6.07) is 20.9. The van der Waals surface area contributed by atoms with E-state index >= 15 is 0 Å². The number of ether oxygens (including phenoxy) is 2. The molecular formula is C20H18ClNO3. The molecule has 0 aliphatic carbocycles. The van der Waals surface area contributed by atoms with E-state index in [1.807, 2.05) is 42.5 Å². The Bertz CT molecular complexity index is 861. The largest absolute Gasteiger partial charge is 0.491 e. The Morgan fingerprint density at radius 1 is 0.960 bits per heavy atom. The van der Waals surface area contributed by atoms with E-state index in [1.165, 1.54) is 0 Å². The summed E-state index contributed by atoms with van der Waals surface area (Å²) >= 11 is 5.87. The Kier molecular flexibility index (Phi) is 5.75. The molecule has 128 valence electrons. The van der Waals surface area contributed by atoms with Gasteiger partial charge in [-0.25, -0.2) is 0 Å². The number of nitrogens with one attached hydrogen (secondary N) is 1. The second kappa shape index (κ2) is 8.40. The van der Waals surface area contributed by atoms with Gasteiger partial charge in [-0.05, 0) is 29.7 Å². The van der Waals surface area contributed by atoms with Gasteiger partial charge in [-0.15, -0.1) is 0 Å². The van der Waals surface area contributed by atoms with Gasteiger partial charge in [0.25, 0.3) is 5.91 Å². The third kappa shape index (κ3) is 4.88. The van der Waals surface area contributed by atoms with Crippen LogP contribution in [0.4, 0.5) is 0 Å². The molecule has 25 heavy (non-hydrogen) atoms. The first-order valence-electron chi connectivity index (χ1n) is 7.98. The Hall–Kier alpha value is -2.72. The first kappa shape index (κ1) is 17.1. The highest BCUT2D eigenvalue weighted by Crippen LogP contribution is 2.24. The van der Waals surface area contributed by atoms with Gasteiger partial charge in [0.15, 0.2) is 6.61 Å². The van der Waals surface area contributed by atoms with Gasteiger partial charge in [0.1, 0.15) is 18.1 Å². The lowest BCUT2D eigenvalue weighted by atomic mass is 10.1. The third-order valence-electron chi connectivity index (χ3n) is 3.60. The van der Waals surface area contributed by atoms with Crippen LogP contribution in [0.1, 0.15) is 0 Å². The van der Waals surface area contributed by atoms with Crippen molar-refractivity contribution in [3.8, 4) is 11.5 Å². The van der Waals surface area contributed by atoms with Crippen molar-refractivity contribution in [1.29, 1.82) is 0 Å². The molecule has 0 radical (unpaired) electrons. The lowest BCUT2D eigenvalue weighted by Crippen LogP contribution is -2.32. The molecule has 0 saturated heterocycles. The van der Waals surface area contributed by atoms with Gasteiger partial charge in [0, 0.05) is 10.4 Å². The number of halogens is 1. The number of benzene rings is 3. The monoisotopic (exact) mass is 355 g/mol. The zero-order valence-corrected chi connectivity index (χ0v) is 14.3. The number of carbonyl (C=O) groups excluding carboxylic acids is 1. The summed E-state index contributed by atoms with van der Waals surface area (Å²) < 4.78 is 11.2. The highest BCUT2D eigenvalue weighted by molar-refractivity contribution is 6.30. The third-order valence-corrected chi connectivity index (χ3v) is 3.83. The average Bonchev–Trinajstić information content (AvgIpc) is 2.64. The molecule has 3 rings (SSSR count). The van der Waals surface area contributed by atoms with Crippen LogP contribution < -0.4 is 14.8 Å². The number of hydrogen-bond donors (Lipinski definition) is 1. The summed E-state index contributed by atoms with van der Waals surface area (Å²) in [6.45, 7) is 0.729. The maximum atomic E-state index is 11.8. The van der Waals surface area contributed by atoms with E-state index < -0.39 is 0 Å². The van der Waals surface area contributed by atoms with E-state index in [0.29, 0.717) is 23.9 Å². The van der Waals surface area contributed by atoms with Crippen LogP contribution >= 0.6 is 11.6 Å². The maximum Gasteiger partial charge on any atom is 0.258 e. The maximum absolute atomic E-state index is 11.8. The Morgan fingerprint density at radius 2 is 1.76 bits per heavy atom. The second-order valence-corrected chi connectivity index (χ2v) is 5.86. The summed E-state index contributed by atoms with van der Waals surface area (Å²) in [5, 5.41) is 5.51. The predicted molar refractivity (Wildman–Crippen MR) is 99.4 cm³/mol. The topological polar surface area (TPSA) is 47.6 Å². The van der Waals surface area contributed by atoms with Crippen LogP contribution in [0, 0.1) is 0 Å². The molecule has 3 aromatic rings.